The van der Waals surface area contributed by atoms with Crippen molar-refractivity contribution in [3.8, 4) is 0 Å². The van der Waals surface area contributed by atoms with Crippen molar-refractivity contribution in [1.82, 2.24) is 15.0 Å². The molecular formula is C3H4N3PS. The molecule has 0 aromatic carbocycles. The SMILES string of the molecule is SPc1ncncn1. The van der Waals surface area contributed by atoms with E-state index in [4.69, 9.17) is 0 Å². The first-order valence-electron chi connectivity index (χ1n) is 1.95. The van der Waals surface area contributed by atoms with E-state index in [1.165, 1.54) is 12.7 Å². The molecule has 0 aliphatic carbocycles. The third kappa shape index (κ3) is 1.39. The topological polar surface area (TPSA) is 38.7 Å². The summed E-state index contributed by atoms with van der Waals surface area (Å²) in [4.78, 5) is 11.3. The van der Waals surface area contributed by atoms with Gasteiger partial charge in [-0.2, -0.15) is 0 Å². The van der Waals surface area contributed by atoms with Crippen LogP contribution in [0.25, 0.3) is 0 Å². The fourth-order valence-electron chi connectivity index (χ4n) is 0.297. The summed E-state index contributed by atoms with van der Waals surface area (Å²) in [5.74, 6) is 0. The Morgan fingerprint density at radius 3 is 2.38 bits per heavy atom. The Balaban J connectivity index is 2.83. The van der Waals surface area contributed by atoms with Crippen molar-refractivity contribution >= 4 is 25.6 Å². The summed E-state index contributed by atoms with van der Waals surface area (Å²) < 4.78 is 0. The zero-order valence-corrected chi connectivity index (χ0v) is 5.84. The first kappa shape index (κ1) is 5.92. The number of hydrogen-bond donors (Lipinski definition) is 1. The molecule has 0 N–H and O–H groups in total. The Bertz CT molecular complexity index is 156. The van der Waals surface area contributed by atoms with E-state index in [0.29, 0.717) is 7.78 Å². The van der Waals surface area contributed by atoms with Gasteiger partial charge in [0.1, 0.15) is 12.7 Å². The smallest absolute Gasteiger partial charge is 0.161 e. The molecule has 0 spiro atoms. The van der Waals surface area contributed by atoms with Gasteiger partial charge in [-0.15, -0.1) is 12.2 Å². The maximum absolute atomic E-state index is 3.99. The molecule has 5 heteroatoms. The van der Waals surface area contributed by atoms with Gasteiger partial charge in [-0.1, -0.05) is 0 Å². The second kappa shape index (κ2) is 2.95. The molecule has 1 heterocycles. The minimum Gasteiger partial charge on any atom is -0.225 e. The Hall–Kier alpha value is -0.210. The molecule has 0 saturated carbocycles. The molecule has 8 heavy (non-hydrogen) atoms. The standard InChI is InChI=1S/C3H4N3PS/c8-7-3-5-1-4-2-6-3/h1-2,7-8H. The van der Waals surface area contributed by atoms with Crippen molar-refractivity contribution in [3.63, 3.8) is 0 Å². The monoisotopic (exact) mass is 145 g/mol. The van der Waals surface area contributed by atoms with Gasteiger partial charge in [0.25, 0.3) is 0 Å². The lowest BCUT2D eigenvalue weighted by Gasteiger charge is -1.86. The Kier molecular flexibility index (Phi) is 2.18. The van der Waals surface area contributed by atoms with Crippen molar-refractivity contribution < 1.29 is 0 Å². The van der Waals surface area contributed by atoms with Gasteiger partial charge < -0.3 is 0 Å². The van der Waals surface area contributed by atoms with Crippen molar-refractivity contribution in [1.29, 1.82) is 0 Å². The van der Waals surface area contributed by atoms with Crippen LogP contribution in [0, 0.1) is 0 Å². The van der Waals surface area contributed by atoms with Crippen LogP contribution in [0.15, 0.2) is 12.7 Å². The van der Waals surface area contributed by atoms with Gasteiger partial charge in [0, 0.05) is 7.78 Å². The fraction of sp³-hybridized carbons (Fsp3) is 0. The number of rotatable bonds is 1. The minimum absolute atomic E-state index is 0.362. The van der Waals surface area contributed by atoms with Gasteiger partial charge in [0.05, 0.1) is 0 Å². The average molecular weight is 145 g/mol. The molecule has 42 valence electrons. The molecule has 1 atom stereocenters. The van der Waals surface area contributed by atoms with E-state index in [-0.39, 0.29) is 0 Å². The van der Waals surface area contributed by atoms with Crippen molar-refractivity contribution in [3.05, 3.63) is 12.7 Å². The van der Waals surface area contributed by atoms with Crippen LogP contribution in [0.4, 0.5) is 0 Å². The quantitative estimate of drug-likeness (QED) is 0.447. The van der Waals surface area contributed by atoms with Crippen molar-refractivity contribution in [2.75, 3.05) is 0 Å². The van der Waals surface area contributed by atoms with Crippen LogP contribution >= 0.6 is 20.0 Å². The van der Waals surface area contributed by atoms with Crippen LogP contribution in [0.3, 0.4) is 0 Å². The molecule has 0 aliphatic heterocycles. The summed E-state index contributed by atoms with van der Waals surface area (Å²) in [7, 11) is 0.362. The van der Waals surface area contributed by atoms with E-state index in [1.807, 2.05) is 0 Å². The van der Waals surface area contributed by atoms with Crippen LogP contribution in [-0.4, -0.2) is 15.0 Å². The number of nitrogens with zero attached hydrogens (tertiary/aromatic N) is 3. The summed E-state index contributed by atoms with van der Waals surface area (Å²) in [5.41, 5.74) is 0.739. The molecule has 0 aliphatic rings. The van der Waals surface area contributed by atoms with E-state index >= 15 is 0 Å². The third-order valence-electron chi connectivity index (χ3n) is 0.593. The van der Waals surface area contributed by atoms with E-state index in [9.17, 15) is 0 Å². The van der Waals surface area contributed by atoms with Gasteiger partial charge in [-0.3, -0.25) is 0 Å². The summed E-state index contributed by atoms with van der Waals surface area (Å²) >= 11 is 3.99. The van der Waals surface area contributed by atoms with Crippen LogP contribution in [-0.2, 0) is 0 Å². The molecule has 0 radical (unpaired) electrons. The zero-order chi connectivity index (χ0) is 5.82. The molecular weight excluding hydrogens is 141 g/mol. The van der Waals surface area contributed by atoms with Crippen LogP contribution < -0.4 is 5.57 Å². The second-order valence-corrected chi connectivity index (χ2v) is 2.42. The Morgan fingerprint density at radius 1 is 1.38 bits per heavy atom. The van der Waals surface area contributed by atoms with Gasteiger partial charge in [-0.25, -0.2) is 15.0 Å². The third-order valence-corrected chi connectivity index (χ3v) is 1.65. The number of thiol groups is 1. The summed E-state index contributed by atoms with van der Waals surface area (Å²) in [5, 5.41) is 0. The summed E-state index contributed by atoms with van der Waals surface area (Å²) in [6, 6.07) is 0. The predicted octanol–water partition coefficient (Wildman–Crippen LogP) is 0.0202. The Labute approximate surface area is 53.9 Å². The highest BCUT2D eigenvalue weighted by Crippen LogP contribution is 2.08. The van der Waals surface area contributed by atoms with Gasteiger partial charge >= 0.3 is 0 Å². The highest BCUT2D eigenvalue weighted by Gasteiger charge is 1.84. The van der Waals surface area contributed by atoms with E-state index in [0.717, 1.165) is 5.57 Å². The van der Waals surface area contributed by atoms with Crippen molar-refractivity contribution in [2.24, 2.45) is 0 Å². The molecule has 0 saturated heterocycles. The van der Waals surface area contributed by atoms with Crippen LogP contribution in [0.1, 0.15) is 0 Å². The fourth-order valence-corrected chi connectivity index (χ4v) is 0.874. The maximum Gasteiger partial charge on any atom is 0.161 e. The molecule has 0 bridgehead atoms. The highest BCUT2D eigenvalue weighted by atomic mass is 32.7. The highest BCUT2D eigenvalue weighted by molar-refractivity contribution is 8.40. The lowest BCUT2D eigenvalue weighted by atomic mass is 11.1. The second-order valence-electron chi connectivity index (χ2n) is 1.07. The molecule has 0 fully saturated rings. The zero-order valence-electron chi connectivity index (χ0n) is 3.94. The molecule has 1 rings (SSSR count). The van der Waals surface area contributed by atoms with Crippen molar-refractivity contribution in [2.45, 2.75) is 0 Å². The first-order chi connectivity index (χ1) is 3.93. The maximum atomic E-state index is 3.99. The first-order valence-corrected chi connectivity index (χ1v) is 4.24. The largest absolute Gasteiger partial charge is 0.225 e. The van der Waals surface area contributed by atoms with E-state index < -0.39 is 0 Å². The molecule has 3 nitrogen and oxygen atoms in total. The average Bonchev–Trinajstić information content (AvgIpc) is 1.90. The van der Waals surface area contributed by atoms with Gasteiger partial charge in [0.2, 0.25) is 0 Å². The molecule has 0 amide bonds. The normalized spacial score (nSPS) is 10.6. The lowest BCUT2D eigenvalue weighted by Crippen LogP contribution is -2.03. The minimum atomic E-state index is 0.362. The summed E-state index contributed by atoms with van der Waals surface area (Å²) in [6.45, 7) is 0. The molecule has 1 unspecified atom stereocenters. The lowest BCUT2D eigenvalue weighted by molar-refractivity contribution is 1.09. The van der Waals surface area contributed by atoms with E-state index in [1.54, 1.807) is 0 Å². The van der Waals surface area contributed by atoms with Gasteiger partial charge in [0.15, 0.2) is 5.57 Å². The summed E-state index contributed by atoms with van der Waals surface area (Å²) in [6.07, 6.45) is 2.93. The van der Waals surface area contributed by atoms with Crippen LogP contribution in [0.5, 0.6) is 0 Å². The number of aromatic nitrogens is 3. The molecule has 1 aromatic rings. The Morgan fingerprint density at radius 2 is 2.00 bits per heavy atom. The predicted molar refractivity (Wildman–Crippen MR) is 36.8 cm³/mol. The molecule has 1 aromatic heterocycles. The van der Waals surface area contributed by atoms with Crippen LogP contribution in [0.2, 0.25) is 0 Å². The van der Waals surface area contributed by atoms with E-state index in [2.05, 4.69) is 27.2 Å². The number of hydrogen-bond acceptors (Lipinski definition) is 4. The van der Waals surface area contributed by atoms with Gasteiger partial charge in [-0.05, 0) is 0 Å².